The molecule has 1 N–H and O–H groups in total. The summed E-state index contributed by atoms with van der Waals surface area (Å²) in [6.07, 6.45) is 1.01. The van der Waals surface area contributed by atoms with Gasteiger partial charge >= 0.3 is 0 Å². The van der Waals surface area contributed by atoms with Crippen LogP contribution >= 0.6 is 0 Å². The summed E-state index contributed by atoms with van der Waals surface area (Å²) >= 11 is 0. The molecule has 0 aliphatic carbocycles. The van der Waals surface area contributed by atoms with E-state index in [-0.39, 0.29) is 5.91 Å². The lowest BCUT2D eigenvalue weighted by atomic mass is 10.0. The van der Waals surface area contributed by atoms with Crippen molar-refractivity contribution in [2.45, 2.75) is 33.2 Å². The molecule has 0 saturated heterocycles. The van der Waals surface area contributed by atoms with Gasteiger partial charge in [0.25, 0.3) is 0 Å². The first kappa shape index (κ1) is 25.3. The Kier molecular flexibility index (Phi) is 7.84. The fourth-order valence-corrected chi connectivity index (χ4v) is 4.70. The lowest BCUT2D eigenvalue weighted by Gasteiger charge is -2.13. The van der Waals surface area contributed by atoms with Crippen LogP contribution in [-0.2, 0) is 24.2 Å². The van der Waals surface area contributed by atoms with Crippen molar-refractivity contribution in [1.29, 1.82) is 0 Å². The Labute approximate surface area is 224 Å². The zero-order valence-corrected chi connectivity index (χ0v) is 22.0. The average Bonchev–Trinajstić information content (AvgIpc) is 3.29. The highest BCUT2D eigenvalue weighted by Crippen LogP contribution is 2.22. The number of nitrogens with zero attached hydrogens (tertiary/aromatic N) is 2. The van der Waals surface area contributed by atoms with Crippen molar-refractivity contribution in [1.82, 2.24) is 14.9 Å². The Hall–Kier alpha value is -4.38. The number of hydrogen-bond donors (Lipinski definition) is 1. The van der Waals surface area contributed by atoms with Gasteiger partial charge < -0.3 is 14.6 Å². The second-order valence-electron chi connectivity index (χ2n) is 9.55. The molecule has 0 bridgehead atoms. The van der Waals surface area contributed by atoms with Crippen LogP contribution in [0.25, 0.3) is 22.2 Å². The first-order valence-electron chi connectivity index (χ1n) is 13.1. The van der Waals surface area contributed by atoms with E-state index in [1.807, 2.05) is 60.7 Å². The monoisotopic (exact) mass is 503 g/mol. The van der Waals surface area contributed by atoms with Crippen LogP contribution in [0.2, 0.25) is 0 Å². The van der Waals surface area contributed by atoms with Gasteiger partial charge in [0.1, 0.15) is 18.2 Å². The predicted molar refractivity (Wildman–Crippen MR) is 153 cm³/mol. The van der Waals surface area contributed by atoms with Crippen LogP contribution in [0.3, 0.4) is 0 Å². The third-order valence-corrected chi connectivity index (χ3v) is 6.96. The van der Waals surface area contributed by atoms with Gasteiger partial charge in [0.2, 0.25) is 5.91 Å². The molecule has 0 spiro atoms. The van der Waals surface area contributed by atoms with Crippen LogP contribution in [0.1, 0.15) is 22.5 Å². The van der Waals surface area contributed by atoms with E-state index in [1.165, 1.54) is 16.7 Å². The van der Waals surface area contributed by atoms with Gasteiger partial charge in [-0.25, -0.2) is 4.98 Å². The summed E-state index contributed by atoms with van der Waals surface area (Å²) in [5.41, 5.74) is 7.75. The number of carbonyl (C=O) groups excluding carboxylic acids is 1. The Balaban J connectivity index is 1.18. The van der Waals surface area contributed by atoms with Gasteiger partial charge in [0.15, 0.2) is 0 Å². The van der Waals surface area contributed by atoms with Crippen molar-refractivity contribution in [2.24, 2.45) is 0 Å². The van der Waals surface area contributed by atoms with E-state index in [1.54, 1.807) is 0 Å². The third-order valence-electron chi connectivity index (χ3n) is 6.96. The van der Waals surface area contributed by atoms with Gasteiger partial charge in [-0.05, 0) is 59.9 Å². The maximum Gasteiger partial charge on any atom is 0.224 e. The number of hydrogen-bond acceptors (Lipinski definition) is 3. The number of imidazole rings is 1. The molecule has 38 heavy (non-hydrogen) atoms. The van der Waals surface area contributed by atoms with Crippen LogP contribution < -0.4 is 10.1 Å². The van der Waals surface area contributed by atoms with Crippen LogP contribution in [0, 0.1) is 13.8 Å². The third kappa shape index (κ3) is 5.94. The molecule has 4 aromatic carbocycles. The second kappa shape index (κ2) is 11.8. The highest BCUT2D eigenvalue weighted by Gasteiger charge is 2.12. The maximum absolute atomic E-state index is 12.6. The van der Waals surface area contributed by atoms with E-state index in [9.17, 15) is 4.79 Å². The zero-order valence-electron chi connectivity index (χ0n) is 22.0. The first-order valence-corrected chi connectivity index (χ1v) is 13.1. The van der Waals surface area contributed by atoms with Crippen LogP contribution in [0.5, 0.6) is 5.75 Å². The highest BCUT2D eigenvalue weighted by atomic mass is 16.5. The van der Waals surface area contributed by atoms with Crippen LogP contribution in [-0.4, -0.2) is 28.6 Å². The number of nitrogens with one attached hydrogen (secondary N) is 1. The van der Waals surface area contributed by atoms with E-state index in [0.29, 0.717) is 32.5 Å². The van der Waals surface area contributed by atoms with E-state index in [2.05, 4.69) is 60.1 Å². The van der Waals surface area contributed by atoms with Gasteiger partial charge in [-0.15, -0.1) is 0 Å². The molecule has 0 unspecified atom stereocenters. The first-order chi connectivity index (χ1) is 18.6. The number of benzene rings is 4. The molecule has 1 aromatic heterocycles. The average molecular weight is 504 g/mol. The highest BCUT2D eigenvalue weighted by molar-refractivity contribution is 5.79. The summed E-state index contributed by atoms with van der Waals surface area (Å²) in [4.78, 5) is 17.5. The number of carbonyl (C=O) groups is 1. The molecule has 5 aromatic rings. The summed E-state index contributed by atoms with van der Waals surface area (Å²) in [6.45, 7) is 5.94. The van der Waals surface area contributed by atoms with E-state index < -0.39 is 0 Å². The number of aromatic nitrogens is 2. The lowest BCUT2D eigenvalue weighted by molar-refractivity contribution is -0.120. The normalized spacial score (nSPS) is 11.0. The van der Waals surface area contributed by atoms with E-state index in [0.717, 1.165) is 33.7 Å². The summed E-state index contributed by atoms with van der Waals surface area (Å²) in [5, 5.41) is 3.07. The van der Waals surface area contributed by atoms with Crippen molar-refractivity contribution in [3.63, 3.8) is 0 Å². The minimum absolute atomic E-state index is 0.0124. The molecule has 5 rings (SSSR count). The summed E-state index contributed by atoms with van der Waals surface area (Å²) in [7, 11) is 0. The number of aryl methyl sites for hydroxylation is 1. The molecule has 0 saturated carbocycles. The van der Waals surface area contributed by atoms with Gasteiger partial charge in [-0.2, -0.15) is 0 Å². The van der Waals surface area contributed by atoms with Gasteiger partial charge in [-0.1, -0.05) is 78.9 Å². The van der Waals surface area contributed by atoms with Crippen molar-refractivity contribution in [3.8, 4) is 16.9 Å². The van der Waals surface area contributed by atoms with Crippen LogP contribution in [0.4, 0.5) is 0 Å². The molecule has 5 heteroatoms. The summed E-state index contributed by atoms with van der Waals surface area (Å²) < 4.78 is 8.33. The molecular weight excluding hydrogens is 470 g/mol. The fraction of sp³-hybridized carbons (Fsp3) is 0.212. The van der Waals surface area contributed by atoms with Crippen molar-refractivity contribution in [2.75, 3.05) is 13.2 Å². The molecular formula is C33H33N3O2. The Bertz CT molecular complexity index is 1520. The summed E-state index contributed by atoms with van der Waals surface area (Å²) in [5.74, 6) is 1.88. The standard InChI is InChI=1S/C33H33N3O2/c1-24-9-8-14-31(25(24)2)38-22-21-36-30-13-7-6-12-29(30)35-32(36)19-20-34-33(37)23-26-15-17-28(18-16-26)27-10-4-3-5-11-27/h3-18H,19-23H2,1-2H3,(H,34,37). The van der Waals surface area contributed by atoms with E-state index in [4.69, 9.17) is 9.72 Å². The summed E-state index contributed by atoms with van der Waals surface area (Å²) in [6, 6.07) is 32.7. The quantitative estimate of drug-likeness (QED) is 0.243. The fourth-order valence-electron chi connectivity index (χ4n) is 4.70. The molecule has 0 radical (unpaired) electrons. The zero-order chi connectivity index (χ0) is 26.3. The minimum Gasteiger partial charge on any atom is -0.491 e. The predicted octanol–water partition coefficient (Wildman–Crippen LogP) is 6.30. The second-order valence-corrected chi connectivity index (χ2v) is 9.55. The molecule has 0 aliphatic rings. The smallest absolute Gasteiger partial charge is 0.224 e. The van der Waals surface area contributed by atoms with Crippen LogP contribution in [0.15, 0.2) is 97.1 Å². The topological polar surface area (TPSA) is 56.1 Å². The number of para-hydroxylation sites is 2. The van der Waals surface area contributed by atoms with Crippen molar-refractivity contribution < 1.29 is 9.53 Å². The Morgan fingerprint density at radius 3 is 2.39 bits per heavy atom. The van der Waals surface area contributed by atoms with Crippen molar-refractivity contribution in [3.05, 3.63) is 120 Å². The van der Waals surface area contributed by atoms with Gasteiger partial charge in [0, 0.05) is 13.0 Å². The molecule has 1 amide bonds. The maximum atomic E-state index is 12.6. The SMILES string of the molecule is Cc1cccc(OCCn2c(CCNC(=O)Cc3ccc(-c4ccccc4)cc3)nc3ccccc32)c1C. The molecule has 192 valence electrons. The van der Waals surface area contributed by atoms with E-state index >= 15 is 0 Å². The number of fused-ring (bicyclic) bond motifs is 1. The van der Waals surface area contributed by atoms with Crippen molar-refractivity contribution >= 4 is 16.9 Å². The molecule has 0 atom stereocenters. The molecule has 0 aliphatic heterocycles. The Morgan fingerprint density at radius 1 is 0.842 bits per heavy atom. The minimum atomic E-state index is 0.0124. The largest absolute Gasteiger partial charge is 0.491 e. The number of rotatable bonds is 10. The molecule has 5 nitrogen and oxygen atoms in total. The number of amides is 1. The number of ether oxygens (including phenoxy) is 1. The van der Waals surface area contributed by atoms with Gasteiger partial charge in [0.05, 0.1) is 24.0 Å². The molecule has 1 heterocycles. The Morgan fingerprint density at radius 2 is 1.58 bits per heavy atom. The lowest BCUT2D eigenvalue weighted by Crippen LogP contribution is -2.28. The van der Waals surface area contributed by atoms with Gasteiger partial charge in [-0.3, -0.25) is 4.79 Å². The molecule has 0 fully saturated rings.